The van der Waals surface area contributed by atoms with Gasteiger partial charge in [0.2, 0.25) is 0 Å². The van der Waals surface area contributed by atoms with Crippen molar-refractivity contribution in [2.24, 2.45) is 11.8 Å². The topological polar surface area (TPSA) is 63.3 Å². The van der Waals surface area contributed by atoms with Gasteiger partial charge in [-0.15, -0.1) is 0 Å². The molecule has 0 radical (unpaired) electrons. The summed E-state index contributed by atoms with van der Waals surface area (Å²) in [6, 6.07) is 0. The number of aryl methyl sites for hydroxylation is 2. The maximum Gasteiger partial charge on any atom is 0.307 e. The van der Waals surface area contributed by atoms with Crippen LogP contribution in [0.15, 0.2) is 9.64 Å². The van der Waals surface area contributed by atoms with Crippen molar-refractivity contribution in [3.63, 3.8) is 0 Å². The molecule has 0 saturated heterocycles. The molecule has 0 spiro atoms. The number of nitrogens with zero attached hydrogens (tertiary/aromatic N) is 1. The number of carboxylic acids is 1. The Morgan fingerprint density at radius 1 is 1.44 bits per heavy atom. The third-order valence-corrected chi connectivity index (χ3v) is 4.83. The maximum absolute atomic E-state index is 11.3. The zero-order valence-electron chi connectivity index (χ0n) is 11.0. The molecule has 1 aliphatic rings. The average molecular weight is 269 g/mol. The average Bonchev–Trinajstić information content (AvgIpc) is 2.57. The minimum absolute atomic E-state index is 0.0729. The number of aromatic nitrogens is 1. The molecule has 1 aromatic heterocycles. The molecule has 100 valence electrons. The lowest BCUT2D eigenvalue weighted by molar-refractivity contribution is -0.142. The Morgan fingerprint density at radius 3 is 2.72 bits per heavy atom. The monoisotopic (exact) mass is 269 g/mol. The van der Waals surface area contributed by atoms with Gasteiger partial charge < -0.3 is 9.52 Å². The molecule has 1 saturated carbocycles. The fourth-order valence-electron chi connectivity index (χ4n) is 2.36. The van der Waals surface area contributed by atoms with Crippen LogP contribution in [0, 0.1) is 25.7 Å². The van der Waals surface area contributed by atoms with Crippen molar-refractivity contribution in [3.05, 3.63) is 11.5 Å². The molecule has 2 rings (SSSR count). The van der Waals surface area contributed by atoms with E-state index in [1.807, 2.05) is 13.8 Å². The molecule has 0 aliphatic heterocycles. The van der Waals surface area contributed by atoms with Crippen molar-refractivity contribution in [1.29, 1.82) is 0 Å². The number of aliphatic carboxylic acids is 1. The Morgan fingerprint density at radius 2 is 2.17 bits per heavy atom. The van der Waals surface area contributed by atoms with E-state index in [2.05, 4.69) is 11.9 Å². The van der Waals surface area contributed by atoms with Crippen molar-refractivity contribution in [2.45, 2.75) is 50.5 Å². The fourth-order valence-corrected chi connectivity index (χ4v) is 3.83. The lowest BCUT2D eigenvalue weighted by atomic mass is 9.82. The number of hydrogen-bond acceptors (Lipinski definition) is 4. The Balaban J connectivity index is 2.11. The number of carboxylic acid groups (broad SMARTS) is 1. The summed E-state index contributed by atoms with van der Waals surface area (Å²) >= 11 is 1.48. The van der Waals surface area contributed by atoms with E-state index < -0.39 is 5.97 Å². The Kier molecular flexibility index (Phi) is 4.00. The highest BCUT2D eigenvalue weighted by Crippen LogP contribution is 2.39. The van der Waals surface area contributed by atoms with Crippen LogP contribution in [-0.2, 0) is 4.79 Å². The first kappa shape index (κ1) is 13.5. The summed E-state index contributed by atoms with van der Waals surface area (Å²) in [7, 11) is 0. The molecule has 1 aliphatic carbocycles. The molecule has 1 fully saturated rings. The summed E-state index contributed by atoms with van der Waals surface area (Å²) in [6.07, 6.45) is 2.67. The van der Waals surface area contributed by atoms with Gasteiger partial charge in [0.25, 0.3) is 5.22 Å². The Bertz CT molecular complexity index is 424. The van der Waals surface area contributed by atoms with Gasteiger partial charge in [-0.05, 0) is 39.0 Å². The third kappa shape index (κ3) is 2.88. The Hall–Kier alpha value is -0.970. The summed E-state index contributed by atoms with van der Waals surface area (Å²) < 4.78 is 5.54. The molecule has 3 atom stereocenters. The largest absolute Gasteiger partial charge is 0.481 e. The SMILES string of the molecule is Cc1nc(SC2CC(C)CCC2C(=O)O)oc1C. The van der Waals surface area contributed by atoms with Gasteiger partial charge in [0.05, 0.1) is 11.6 Å². The van der Waals surface area contributed by atoms with Gasteiger partial charge in [0, 0.05) is 5.25 Å². The van der Waals surface area contributed by atoms with Gasteiger partial charge in [-0.25, -0.2) is 4.98 Å². The quantitative estimate of drug-likeness (QED) is 0.912. The van der Waals surface area contributed by atoms with E-state index in [0.717, 1.165) is 30.7 Å². The van der Waals surface area contributed by atoms with E-state index >= 15 is 0 Å². The van der Waals surface area contributed by atoms with E-state index in [9.17, 15) is 9.90 Å². The molecule has 0 amide bonds. The highest BCUT2D eigenvalue weighted by Gasteiger charge is 2.35. The minimum atomic E-state index is -0.695. The zero-order chi connectivity index (χ0) is 13.3. The van der Waals surface area contributed by atoms with Crippen LogP contribution in [0.2, 0.25) is 0 Å². The van der Waals surface area contributed by atoms with Crippen molar-refractivity contribution >= 4 is 17.7 Å². The highest BCUT2D eigenvalue weighted by molar-refractivity contribution is 7.99. The van der Waals surface area contributed by atoms with Crippen LogP contribution < -0.4 is 0 Å². The number of oxazole rings is 1. The van der Waals surface area contributed by atoms with Gasteiger partial charge in [0.1, 0.15) is 5.76 Å². The minimum Gasteiger partial charge on any atom is -0.481 e. The molecule has 0 aromatic carbocycles. The summed E-state index contributed by atoms with van der Waals surface area (Å²) in [4.78, 5) is 15.6. The summed E-state index contributed by atoms with van der Waals surface area (Å²) in [6.45, 7) is 5.96. The first-order valence-electron chi connectivity index (χ1n) is 6.31. The molecule has 1 aromatic rings. The van der Waals surface area contributed by atoms with Gasteiger partial charge in [-0.3, -0.25) is 4.79 Å². The predicted octanol–water partition coefficient (Wildman–Crippen LogP) is 3.27. The van der Waals surface area contributed by atoms with E-state index in [1.54, 1.807) is 0 Å². The summed E-state index contributed by atoms with van der Waals surface area (Å²) in [5, 5.41) is 9.95. The van der Waals surface area contributed by atoms with Crippen LogP contribution >= 0.6 is 11.8 Å². The smallest absolute Gasteiger partial charge is 0.307 e. The number of thioether (sulfide) groups is 1. The number of carbonyl (C=O) groups is 1. The van der Waals surface area contributed by atoms with E-state index in [0.29, 0.717) is 11.1 Å². The second-order valence-corrected chi connectivity index (χ2v) is 6.33. The van der Waals surface area contributed by atoms with Crippen molar-refractivity contribution in [2.75, 3.05) is 0 Å². The van der Waals surface area contributed by atoms with Crippen molar-refractivity contribution in [1.82, 2.24) is 4.98 Å². The number of rotatable bonds is 3. The fraction of sp³-hybridized carbons (Fsp3) is 0.692. The van der Waals surface area contributed by atoms with Crippen LogP contribution in [0.3, 0.4) is 0 Å². The second-order valence-electron chi connectivity index (χ2n) is 5.14. The van der Waals surface area contributed by atoms with E-state index in [1.165, 1.54) is 11.8 Å². The van der Waals surface area contributed by atoms with Crippen LogP contribution in [0.4, 0.5) is 0 Å². The highest BCUT2D eigenvalue weighted by atomic mass is 32.2. The Labute approximate surface area is 111 Å². The first-order valence-corrected chi connectivity index (χ1v) is 7.19. The lowest BCUT2D eigenvalue weighted by Crippen LogP contribution is -2.32. The van der Waals surface area contributed by atoms with E-state index in [-0.39, 0.29) is 11.2 Å². The van der Waals surface area contributed by atoms with Gasteiger partial charge >= 0.3 is 5.97 Å². The normalized spacial score (nSPS) is 28.3. The van der Waals surface area contributed by atoms with Crippen LogP contribution in [0.1, 0.15) is 37.6 Å². The lowest BCUT2D eigenvalue weighted by Gasteiger charge is -2.30. The molecule has 1 N–H and O–H groups in total. The van der Waals surface area contributed by atoms with E-state index in [4.69, 9.17) is 4.42 Å². The molecule has 18 heavy (non-hydrogen) atoms. The first-order chi connectivity index (χ1) is 8.47. The zero-order valence-corrected chi connectivity index (χ0v) is 11.8. The number of hydrogen-bond donors (Lipinski definition) is 1. The van der Waals surface area contributed by atoms with Crippen LogP contribution in [0.5, 0.6) is 0 Å². The third-order valence-electron chi connectivity index (χ3n) is 3.63. The molecule has 3 unspecified atom stereocenters. The molecular weight excluding hydrogens is 250 g/mol. The maximum atomic E-state index is 11.3. The van der Waals surface area contributed by atoms with Crippen LogP contribution in [0.25, 0.3) is 0 Å². The second kappa shape index (κ2) is 5.34. The van der Waals surface area contributed by atoms with Crippen molar-refractivity contribution in [3.8, 4) is 0 Å². The van der Waals surface area contributed by atoms with Gasteiger partial charge in [0.15, 0.2) is 0 Å². The predicted molar refractivity (Wildman–Crippen MR) is 69.8 cm³/mol. The molecule has 5 heteroatoms. The molecule has 1 heterocycles. The summed E-state index contributed by atoms with van der Waals surface area (Å²) in [5.74, 6) is 0.418. The standard InChI is InChI=1S/C13H19NO3S/c1-7-4-5-10(12(15)16)11(6-7)18-13-14-8(2)9(3)17-13/h7,10-11H,4-6H2,1-3H3,(H,15,16). The molecule has 0 bridgehead atoms. The summed E-state index contributed by atoms with van der Waals surface area (Å²) in [5.41, 5.74) is 0.883. The molecular formula is C13H19NO3S. The van der Waals surface area contributed by atoms with Crippen LogP contribution in [-0.4, -0.2) is 21.3 Å². The molecule has 4 nitrogen and oxygen atoms in total. The van der Waals surface area contributed by atoms with Crippen molar-refractivity contribution < 1.29 is 14.3 Å². The van der Waals surface area contributed by atoms with Gasteiger partial charge in [-0.2, -0.15) is 0 Å². The van der Waals surface area contributed by atoms with Gasteiger partial charge in [-0.1, -0.05) is 18.7 Å².